The highest BCUT2D eigenvalue weighted by Gasteiger charge is 2.18. The maximum Gasteiger partial charge on any atom is 0.269 e. The van der Waals surface area contributed by atoms with E-state index in [-0.39, 0.29) is 11.7 Å². The molecule has 0 spiro atoms. The lowest BCUT2D eigenvalue weighted by atomic mass is 10.1. The maximum atomic E-state index is 10.9. The topological polar surface area (TPSA) is 85.3 Å². The number of hydrogen-bond acceptors (Lipinski definition) is 6. The Balaban J connectivity index is 1.73. The molecule has 1 unspecified atom stereocenters. The van der Waals surface area contributed by atoms with E-state index in [9.17, 15) is 10.1 Å². The molecule has 3 rings (SSSR count). The number of hydrogen-bond donors (Lipinski definition) is 0. The third-order valence-corrected chi connectivity index (χ3v) is 4.40. The largest absolute Gasteiger partial charge is 0.338 e. The van der Waals surface area contributed by atoms with Gasteiger partial charge in [-0.2, -0.15) is 4.98 Å². The molecular weight excluding hydrogens is 356 g/mol. The molecule has 0 saturated carbocycles. The number of halogens is 1. The van der Waals surface area contributed by atoms with Gasteiger partial charge in [0.1, 0.15) is 0 Å². The average molecular weight is 373 g/mol. The fourth-order valence-corrected chi connectivity index (χ4v) is 2.76. The quantitative estimate of drug-likeness (QED) is 0.468. The van der Waals surface area contributed by atoms with Crippen molar-refractivity contribution in [2.24, 2.45) is 0 Å². The van der Waals surface area contributed by atoms with Crippen LogP contribution < -0.4 is 0 Å². The van der Waals surface area contributed by atoms with E-state index in [0.717, 1.165) is 11.1 Å². The number of nitro benzene ring substituents is 1. The Kier molecular flexibility index (Phi) is 5.29. The van der Waals surface area contributed by atoms with E-state index in [1.165, 1.54) is 6.07 Å². The molecule has 0 N–H and O–H groups in total. The summed E-state index contributed by atoms with van der Waals surface area (Å²) in [5.74, 6) is 0.929. The standard InChI is InChI=1S/C18H17ClN4O3/c1-12(13-5-4-8-16(10-13)23(24)25)22(2)11-17-20-18(21-26-17)14-6-3-7-15(19)9-14/h3-10,12H,11H2,1-2H3. The lowest BCUT2D eigenvalue weighted by molar-refractivity contribution is -0.384. The molecule has 2 aromatic carbocycles. The monoisotopic (exact) mass is 372 g/mol. The molecule has 26 heavy (non-hydrogen) atoms. The normalized spacial score (nSPS) is 12.3. The summed E-state index contributed by atoms with van der Waals surface area (Å²) in [6.45, 7) is 2.38. The van der Waals surface area contributed by atoms with Gasteiger partial charge in [0.25, 0.3) is 5.69 Å². The van der Waals surface area contributed by atoms with Crippen LogP contribution in [0, 0.1) is 10.1 Å². The summed E-state index contributed by atoms with van der Waals surface area (Å²) in [6, 6.07) is 13.8. The molecule has 0 aliphatic heterocycles. The van der Waals surface area contributed by atoms with Gasteiger partial charge in [-0.05, 0) is 31.7 Å². The van der Waals surface area contributed by atoms with E-state index in [1.807, 2.05) is 37.1 Å². The summed E-state index contributed by atoms with van der Waals surface area (Å²) >= 11 is 5.99. The number of aromatic nitrogens is 2. The smallest absolute Gasteiger partial charge is 0.269 e. The average Bonchev–Trinajstić information content (AvgIpc) is 3.09. The molecule has 1 aromatic heterocycles. The Bertz CT molecular complexity index is 928. The molecule has 1 atom stereocenters. The van der Waals surface area contributed by atoms with Crippen LogP contribution in [0.3, 0.4) is 0 Å². The Morgan fingerprint density at radius 2 is 2.04 bits per heavy atom. The van der Waals surface area contributed by atoms with Crippen molar-refractivity contribution >= 4 is 17.3 Å². The highest BCUT2D eigenvalue weighted by Crippen LogP contribution is 2.25. The fourth-order valence-electron chi connectivity index (χ4n) is 2.57. The van der Waals surface area contributed by atoms with Gasteiger partial charge in [-0.3, -0.25) is 15.0 Å². The first-order valence-electron chi connectivity index (χ1n) is 7.97. The summed E-state index contributed by atoms with van der Waals surface area (Å²) in [5.41, 5.74) is 1.70. The highest BCUT2D eigenvalue weighted by molar-refractivity contribution is 6.30. The van der Waals surface area contributed by atoms with Crippen molar-refractivity contribution in [2.75, 3.05) is 7.05 Å². The molecule has 0 aliphatic rings. The molecular formula is C18H17ClN4O3. The lowest BCUT2D eigenvalue weighted by Gasteiger charge is -2.23. The second-order valence-corrected chi connectivity index (χ2v) is 6.40. The minimum atomic E-state index is -0.397. The molecule has 134 valence electrons. The van der Waals surface area contributed by atoms with E-state index < -0.39 is 4.92 Å². The number of nitro groups is 1. The SMILES string of the molecule is CC(c1cccc([N+](=O)[O-])c1)N(C)Cc1nc(-c2cccc(Cl)c2)no1. The van der Waals surface area contributed by atoms with Gasteiger partial charge >= 0.3 is 0 Å². The van der Waals surface area contributed by atoms with E-state index >= 15 is 0 Å². The molecule has 0 bridgehead atoms. The van der Waals surface area contributed by atoms with Crippen LogP contribution in [0.5, 0.6) is 0 Å². The van der Waals surface area contributed by atoms with Gasteiger partial charge < -0.3 is 4.52 Å². The van der Waals surface area contributed by atoms with Gasteiger partial charge in [0, 0.05) is 28.8 Å². The highest BCUT2D eigenvalue weighted by atomic mass is 35.5. The molecule has 0 amide bonds. The van der Waals surface area contributed by atoms with Crippen LogP contribution in [0.15, 0.2) is 53.1 Å². The van der Waals surface area contributed by atoms with Crippen molar-refractivity contribution < 1.29 is 9.45 Å². The Hall–Kier alpha value is -2.77. The van der Waals surface area contributed by atoms with Crippen molar-refractivity contribution in [3.8, 4) is 11.4 Å². The zero-order chi connectivity index (χ0) is 18.7. The van der Waals surface area contributed by atoms with Crippen molar-refractivity contribution in [3.63, 3.8) is 0 Å². The number of nitrogens with zero attached hydrogens (tertiary/aromatic N) is 4. The molecule has 7 nitrogen and oxygen atoms in total. The van der Waals surface area contributed by atoms with Gasteiger partial charge in [0.15, 0.2) is 0 Å². The Labute approximate surface area is 155 Å². The Morgan fingerprint density at radius 1 is 1.27 bits per heavy atom. The molecule has 0 aliphatic carbocycles. The first-order valence-corrected chi connectivity index (χ1v) is 8.35. The second-order valence-electron chi connectivity index (χ2n) is 5.97. The van der Waals surface area contributed by atoms with Crippen LogP contribution >= 0.6 is 11.6 Å². The van der Waals surface area contributed by atoms with Gasteiger partial charge in [-0.25, -0.2) is 0 Å². The van der Waals surface area contributed by atoms with Crippen molar-refractivity contribution in [1.29, 1.82) is 0 Å². The minimum Gasteiger partial charge on any atom is -0.338 e. The molecule has 0 saturated heterocycles. The van der Waals surface area contributed by atoms with E-state index in [0.29, 0.717) is 23.3 Å². The lowest BCUT2D eigenvalue weighted by Crippen LogP contribution is -2.22. The predicted molar refractivity (Wildman–Crippen MR) is 97.7 cm³/mol. The van der Waals surface area contributed by atoms with Crippen LogP contribution in [0.1, 0.15) is 24.4 Å². The molecule has 3 aromatic rings. The zero-order valence-electron chi connectivity index (χ0n) is 14.3. The van der Waals surface area contributed by atoms with Gasteiger partial charge in [-0.1, -0.05) is 41.0 Å². The van der Waals surface area contributed by atoms with Crippen LogP contribution in [0.4, 0.5) is 5.69 Å². The predicted octanol–water partition coefficient (Wildman–Crippen LogP) is 4.49. The second kappa shape index (κ2) is 7.63. The first kappa shape index (κ1) is 18.0. The molecule has 0 radical (unpaired) electrons. The van der Waals surface area contributed by atoms with Crippen molar-refractivity contribution in [3.05, 3.63) is 75.1 Å². The maximum absolute atomic E-state index is 10.9. The summed E-state index contributed by atoms with van der Waals surface area (Å²) in [4.78, 5) is 16.9. The number of rotatable bonds is 6. The van der Waals surface area contributed by atoms with Crippen LogP contribution in [-0.2, 0) is 6.54 Å². The molecule has 0 fully saturated rings. The molecule has 8 heteroatoms. The van der Waals surface area contributed by atoms with Crippen molar-refractivity contribution in [1.82, 2.24) is 15.0 Å². The van der Waals surface area contributed by atoms with Crippen LogP contribution in [0.2, 0.25) is 5.02 Å². The van der Waals surface area contributed by atoms with Crippen LogP contribution in [-0.4, -0.2) is 27.0 Å². The van der Waals surface area contributed by atoms with Gasteiger partial charge in [0.2, 0.25) is 11.7 Å². The van der Waals surface area contributed by atoms with E-state index in [4.69, 9.17) is 16.1 Å². The summed E-state index contributed by atoms with van der Waals surface area (Å²) in [5, 5.41) is 15.5. The minimum absolute atomic E-state index is 0.0589. The van der Waals surface area contributed by atoms with Gasteiger partial charge in [0.05, 0.1) is 11.5 Å². The Morgan fingerprint density at radius 3 is 2.77 bits per heavy atom. The third-order valence-electron chi connectivity index (χ3n) is 4.16. The molecule has 1 heterocycles. The van der Waals surface area contributed by atoms with Gasteiger partial charge in [-0.15, -0.1) is 0 Å². The zero-order valence-corrected chi connectivity index (χ0v) is 15.1. The summed E-state index contributed by atoms with van der Waals surface area (Å²) in [7, 11) is 1.90. The third kappa shape index (κ3) is 4.07. The first-order chi connectivity index (χ1) is 12.4. The van der Waals surface area contributed by atoms with Crippen molar-refractivity contribution in [2.45, 2.75) is 19.5 Å². The number of benzene rings is 2. The fraction of sp³-hybridized carbons (Fsp3) is 0.222. The summed E-state index contributed by atoms with van der Waals surface area (Å²) < 4.78 is 5.32. The van der Waals surface area contributed by atoms with Crippen LogP contribution in [0.25, 0.3) is 11.4 Å². The summed E-state index contributed by atoms with van der Waals surface area (Å²) in [6.07, 6.45) is 0. The van der Waals surface area contributed by atoms with E-state index in [1.54, 1.807) is 24.3 Å². The van der Waals surface area contributed by atoms with E-state index in [2.05, 4.69) is 10.1 Å². The number of non-ortho nitro benzene ring substituents is 1.